The van der Waals surface area contributed by atoms with E-state index in [1.165, 1.54) is 6.92 Å². The van der Waals surface area contributed by atoms with Crippen LogP contribution in [0.1, 0.15) is 42.5 Å². The van der Waals surface area contributed by atoms with Crippen LogP contribution < -0.4 is 10.1 Å². The smallest absolute Gasteiger partial charge is 0.313 e. The molecule has 0 aromatic heterocycles. The van der Waals surface area contributed by atoms with E-state index in [1.807, 2.05) is 67.6 Å². The third kappa shape index (κ3) is 3.88. The molecule has 3 atom stereocenters. The van der Waals surface area contributed by atoms with Gasteiger partial charge in [0.05, 0.1) is 19.1 Å². The molecule has 1 aliphatic carbocycles. The lowest BCUT2D eigenvalue weighted by molar-refractivity contribution is -0.152. The van der Waals surface area contributed by atoms with Crippen molar-refractivity contribution in [3.63, 3.8) is 0 Å². The number of hydrogen-bond donors (Lipinski definition) is 1. The summed E-state index contributed by atoms with van der Waals surface area (Å²) in [5.41, 5.74) is 3.00. The number of esters is 1. The van der Waals surface area contributed by atoms with Crippen molar-refractivity contribution in [2.24, 2.45) is 0 Å². The van der Waals surface area contributed by atoms with E-state index >= 15 is 0 Å². The van der Waals surface area contributed by atoms with Crippen molar-refractivity contribution in [1.82, 2.24) is 5.32 Å². The Bertz CT molecular complexity index is 1110. The zero-order valence-corrected chi connectivity index (χ0v) is 17.3. The molecule has 154 valence electrons. The number of amides is 1. The first kappa shape index (κ1) is 20.0. The fourth-order valence-electron chi connectivity index (χ4n) is 4.08. The molecule has 0 spiro atoms. The summed E-state index contributed by atoms with van der Waals surface area (Å²) in [6.45, 7) is 3.33. The molecule has 0 saturated carbocycles. The third-order valence-corrected chi connectivity index (χ3v) is 5.73. The molecule has 0 fully saturated rings. The summed E-state index contributed by atoms with van der Waals surface area (Å²) >= 11 is 0. The van der Waals surface area contributed by atoms with Crippen molar-refractivity contribution >= 4 is 22.6 Å². The Morgan fingerprint density at radius 3 is 2.53 bits per heavy atom. The first-order chi connectivity index (χ1) is 14.5. The molecule has 1 amide bonds. The summed E-state index contributed by atoms with van der Waals surface area (Å²) in [6, 6.07) is 19.4. The summed E-state index contributed by atoms with van der Waals surface area (Å²) < 4.78 is 11.2. The Balaban J connectivity index is 1.53. The second-order valence-corrected chi connectivity index (χ2v) is 7.75. The summed E-state index contributed by atoms with van der Waals surface area (Å²) in [7, 11) is 1.64. The van der Waals surface area contributed by atoms with Gasteiger partial charge in [0.1, 0.15) is 11.9 Å². The molecular formula is C25H25NO4. The predicted molar refractivity (Wildman–Crippen MR) is 115 cm³/mol. The van der Waals surface area contributed by atoms with Gasteiger partial charge in [-0.05, 0) is 46.5 Å². The van der Waals surface area contributed by atoms with Gasteiger partial charge in [-0.1, -0.05) is 48.5 Å². The van der Waals surface area contributed by atoms with E-state index in [2.05, 4.69) is 5.32 Å². The highest BCUT2D eigenvalue weighted by Crippen LogP contribution is 2.34. The number of carbonyl (C=O) groups is 2. The summed E-state index contributed by atoms with van der Waals surface area (Å²) in [4.78, 5) is 24.7. The van der Waals surface area contributed by atoms with Crippen LogP contribution in [0, 0.1) is 0 Å². The lowest BCUT2D eigenvalue weighted by Crippen LogP contribution is -2.35. The summed E-state index contributed by atoms with van der Waals surface area (Å²) in [5.74, 6) is -0.0579. The zero-order valence-electron chi connectivity index (χ0n) is 17.3. The van der Waals surface area contributed by atoms with Gasteiger partial charge in [0.15, 0.2) is 0 Å². The molecule has 5 nitrogen and oxygen atoms in total. The number of carbonyl (C=O) groups excluding carboxylic acids is 2. The van der Waals surface area contributed by atoms with Crippen molar-refractivity contribution < 1.29 is 19.1 Å². The highest BCUT2D eigenvalue weighted by Gasteiger charge is 2.36. The number of nitrogens with one attached hydrogen (secondary N) is 1. The Morgan fingerprint density at radius 1 is 1.03 bits per heavy atom. The second-order valence-electron chi connectivity index (χ2n) is 7.75. The molecule has 1 aliphatic rings. The van der Waals surface area contributed by atoms with Crippen molar-refractivity contribution in [2.45, 2.75) is 38.3 Å². The van der Waals surface area contributed by atoms with Gasteiger partial charge < -0.3 is 14.8 Å². The van der Waals surface area contributed by atoms with E-state index in [0.717, 1.165) is 33.2 Å². The highest BCUT2D eigenvalue weighted by atomic mass is 16.5. The lowest BCUT2D eigenvalue weighted by atomic mass is 9.97. The summed E-state index contributed by atoms with van der Waals surface area (Å²) in [5, 5.41) is 5.03. The van der Waals surface area contributed by atoms with Crippen molar-refractivity contribution in [1.29, 1.82) is 0 Å². The van der Waals surface area contributed by atoms with Crippen LogP contribution in [0.2, 0.25) is 0 Å². The normalized spacial score (nSPS) is 18.5. The van der Waals surface area contributed by atoms with Crippen LogP contribution in [-0.4, -0.2) is 25.1 Å². The van der Waals surface area contributed by atoms with Gasteiger partial charge in [0.25, 0.3) is 0 Å². The highest BCUT2D eigenvalue weighted by molar-refractivity contribution is 5.87. The molecule has 0 saturated heterocycles. The molecule has 1 unspecified atom stereocenters. The van der Waals surface area contributed by atoms with Crippen LogP contribution in [-0.2, 0) is 20.7 Å². The van der Waals surface area contributed by atoms with Crippen LogP contribution in [0.5, 0.6) is 5.75 Å². The van der Waals surface area contributed by atoms with Crippen molar-refractivity contribution in [3.8, 4) is 5.75 Å². The standard InChI is InChI=1S/C25H25NO4/c1-15(17-8-9-19-13-21(29-3)11-10-18(19)12-17)25(28)30-23-14-20-6-4-5-7-22(20)24(23)26-16(2)27/h4-13,15,23-24H,14H2,1-3H3,(H,26,27)/t15?,23-,24+/m0/s1. The van der Waals surface area contributed by atoms with Crippen LogP contribution in [0.4, 0.5) is 0 Å². The Morgan fingerprint density at radius 2 is 1.77 bits per heavy atom. The van der Waals surface area contributed by atoms with Gasteiger partial charge in [-0.25, -0.2) is 0 Å². The number of hydrogen-bond acceptors (Lipinski definition) is 4. The largest absolute Gasteiger partial charge is 0.497 e. The Kier molecular flexibility index (Phi) is 5.44. The van der Waals surface area contributed by atoms with E-state index < -0.39 is 12.0 Å². The van der Waals surface area contributed by atoms with Gasteiger partial charge in [-0.2, -0.15) is 0 Å². The lowest BCUT2D eigenvalue weighted by Gasteiger charge is -2.23. The van der Waals surface area contributed by atoms with Crippen LogP contribution in [0.3, 0.4) is 0 Å². The fourth-order valence-corrected chi connectivity index (χ4v) is 4.08. The maximum Gasteiger partial charge on any atom is 0.313 e. The number of ether oxygens (including phenoxy) is 2. The molecule has 3 aromatic rings. The maximum absolute atomic E-state index is 13.0. The average molecular weight is 403 g/mol. The second kappa shape index (κ2) is 8.19. The maximum atomic E-state index is 13.0. The molecule has 1 N–H and O–H groups in total. The minimum atomic E-state index is -0.418. The van der Waals surface area contributed by atoms with E-state index in [1.54, 1.807) is 7.11 Å². The number of fused-ring (bicyclic) bond motifs is 2. The number of methoxy groups -OCH3 is 1. The minimum absolute atomic E-state index is 0.143. The predicted octanol–water partition coefficient (Wildman–Crippen LogP) is 4.30. The molecular weight excluding hydrogens is 378 g/mol. The van der Waals surface area contributed by atoms with Crippen LogP contribution in [0.15, 0.2) is 60.7 Å². The number of rotatable bonds is 5. The average Bonchev–Trinajstić information content (AvgIpc) is 3.08. The molecule has 3 aromatic carbocycles. The molecule has 30 heavy (non-hydrogen) atoms. The zero-order chi connectivity index (χ0) is 21.3. The third-order valence-electron chi connectivity index (χ3n) is 5.73. The van der Waals surface area contributed by atoms with Gasteiger partial charge in [-0.3, -0.25) is 9.59 Å². The van der Waals surface area contributed by atoms with Crippen molar-refractivity contribution in [2.75, 3.05) is 7.11 Å². The fraction of sp³-hybridized carbons (Fsp3) is 0.280. The Hall–Kier alpha value is -3.34. The van der Waals surface area contributed by atoms with Crippen molar-refractivity contribution in [3.05, 3.63) is 77.4 Å². The first-order valence-electron chi connectivity index (χ1n) is 10.1. The van der Waals surface area contributed by atoms with Gasteiger partial charge in [-0.15, -0.1) is 0 Å². The van der Waals surface area contributed by atoms with Gasteiger partial charge >= 0.3 is 5.97 Å². The van der Waals surface area contributed by atoms with E-state index in [-0.39, 0.29) is 17.9 Å². The Labute approximate surface area is 176 Å². The van der Waals surface area contributed by atoms with E-state index in [0.29, 0.717) is 6.42 Å². The molecule has 0 aliphatic heterocycles. The number of benzene rings is 3. The topological polar surface area (TPSA) is 64.6 Å². The first-order valence-corrected chi connectivity index (χ1v) is 10.1. The molecule has 0 bridgehead atoms. The molecule has 5 heteroatoms. The van der Waals surface area contributed by atoms with E-state index in [9.17, 15) is 9.59 Å². The van der Waals surface area contributed by atoms with Crippen LogP contribution >= 0.6 is 0 Å². The molecule has 4 rings (SSSR count). The van der Waals surface area contributed by atoms with E-state index in [4.69, 9.17) is 9.47 Å². The van der Waals surface area contributed by atoms with Gasteiger partial charge in [0.2, 0.25) is 5.91 Å². The minimum Gasteiger partial charge on any atom is -0.497 e. The monoisotopic (exact) mass is 403 g/mol. The van der Waals surface area contributed by atoms with Crippen LogP contribution in [0.25, 0.3) is 10.8 Å². The summed E-state index contributed by atoms with van der Waals surface area (Å²) in [6.07, 6.45) is 0.183. The molecule has 0 heterocycles. The molecule has 0 radical (unpaired) electrons. The SMILES string of the molecule is COc1ccc2cc(C(C)C(=O)O[C@H]3Cc4ccccc4[C@H]3NC(C)=O)ccc2c1. The van der Waals surface area contributed by atoms with Gasteiger partial charge in [0, 0.05) is 13.3 Å². The quantitative estimate of drug-likeness (QED) is 0.645.